The van der Waals surface area contributed by atoms with E-state index < -0.39 is 0 Å². The molecule has 5 rings (SSSR count). The van der Waals surface area contributed by atoms with Gasteiger partial charge in [-0.1, -0.05) is 17.3 Å². The van der Waals surface area contributed by atoms with Gasteiger partial charge >= 0.3 is 0 Å². The van der Waals surface area contributed by atoms with Crippen molar-refractivity contribution in [3.8, 4) is 0 Å². The summed E-state index contributed by atoms with van der Waals surface area (Å²) >= 11 is 0. The summed E-state index contributed by atoms with van der Waals surface area (Å²) in [6.45, 7) is 3.61. The third-order valence-electron chi connectivity index (χ3n) is 5.77. The average Bonchev–Trinajstić information content (AvgIpc) is 3.26. The van der Waals surface area contributed by atoms with Gasteiger partial charge in [0.15, 0.2) is 0 Å². The number of hydrogen-bond donors (Lipinski definition) is 0. The highest BCUT2D eigenvalue weighted by Crippen LogP contribution is 2.41. The van der Waals surface area contributed by atoms with Crippen LogP contribution in [0, 0.1) is 18.8 Å². The highest BCUT2D eigenvalue weighted by atomic mass is 16.5. The lowest BCUT2D eigenvalue weighted by Gasteiger charge is -2.17. The SMILES string of the molecule is Cc1noc2nc(C3CC3)cc(C(=O)N3CC4CC=CCC4C3)c12. The predicted molar refractivity (Wildman–Crippen MR) is 89.8 cm³/mol. The molecule has 2 aromatic heterocycles. The van der Waals surface area contributed by atoms with Crippen molar-refractivity contribution in [1.82, 2.24) is 15.0 Å². The summed E-state index contributed by atoms with van der Waals surface area (Å²) in [5, 5.41) is 4.83. The summed E-state index contributed by atoms with van der Waals surface area (Å²) < 4.78 is 5.37. The molecule has 5 nitrogen and oxygen atoms in total. The number of allylic oxidation sites excluding steroid dienone is 2. The van der Waals surface area contributed by atoms with Crippen LogP contribution in [0.1, 0.15) is 53.3 Å². The number of likely N-dealkylation sites (tertiary alicyclic amines) is 1. The number of amides is 1. The molecule has 0 spiro atoms. The monoisotopic (exact) mass is 323 g/mol. The van der Waals surface area contributed by atoms with Crippen LogP contribution in [-0.2, 0) is 0 Å². The first kappa shape index (κ1) is 14.2. The van der Waals surface area contributed by atoms with Crippen molar-refractivity contribution in [1.29, 1.82) is 0 Å². The van der Waals surface area contributed by atoms with E-state index in [9.17, 15) is 4.79 Å². The Morgan fingerprint density at radius 2 is 1.92 bits per heavy atom. The molecule has 2 aliphatic carbocycles. The zero-order valence-electron chi connectivity index (χ0n) is 13.9. The van der Waals surface area contributed by atoms with Gasteiger partial charge in [-0.2, -0.15) is 0 Å². The van der Waals surface area contributed by atoms with E-state index in [4.69, 9.17) is 4.52 Å². The van der Waals surface area contributed by atoms with Crippen molar-refractivity contribution < 1.29 is 9.32 Å². The zero-order chi connectivity index (χ0) is 16.3. The lowest BCUT2D eigenvalue weighted by molar-refractivity contribution is 0.0786. The van der Waals surface area contributed by atoms with Gasteiger partial charge in [0.05, 0.1) is 16.6 Å². The second-order valence-electron chi connectivity index (χ2n) is 7.49. The van der Waals surface area contributed by atoms with E-state index in [1.165, 1.54) is 0 Å². The Hall–Kier alpha value is -2.17. The summed E-state index contributed by atoms with van der Waals surface area (Å²) in [7, 11) is 0. The molecule has 3 aliphatic rings. The fraction of sp³-hybridized carbons (Fsp3) is 0.526. The molecule has 0 bridgehead atoms. The van der Waals surface area contributed by atoms with Gasteiger partial charge in [-0.05, 0) is 50.5 Å². The number of aryl methyl sites for hydroxylation is 1. The Morgan fingerprint density at radius 3 is 2.58 bits per heavy atom. The first-order chi connectivity index (χ1) is 11.7. The fourth-order valence-electron chi connectivity index (χ4n) is 4.22. The Balaban J connectivity index is 1.53. The van der Waals surface area contributed by atoms with Gasteiger partial charge < -0.3 is 9.42 Å². The number of rotatable bonds is 2. The Kier molecular flexibility index (Phi) is 3.05. The third kappa shape index (κ3) is 2.18. The van der Waals surface area contributed by atoms with Crippen molar-refractivity contribution in [2.24, 2.45) is 11.8 Å². The van der Waals surface area contributed by atoms with E-state index in [2.05, 4.69) is 22.3 Å². The summed E-state index contributed by atoms with van der Waals surface area (Å²) in [4.78, 5) is 19.9. The van der Waals surface area contributed by atoms with Crippen LogP contribution in [0.5, 0.6) is 0 Å². The molecule has 2 fully saturated rings. The lowest BCUT2D eigenvalue weighted by Crippen LogP contribution is -2.29. The molecule has 24 heavy (non-hydrogen) atoms. The zero-order valence-corrected chi connectivity index (χ0v) is 13.9. The number of aromatic nitrogens is 2. The second-order valence-corrected chi connectivity index (χ2v) is 7.49. The van der Waals surface area contributed by atoms with E-state index in [1.54, 1.807) is 0 Å². The van der Waals surface area contributed by atoms with Crippen LogP contribution in [-0.4, -0.2) is 34.0 Å². The van der Waals surface area contributed by atoms with Crippen LogP contribution < -0.4 is 0 Å². The van der Waals surface area contributed by atoms with Crippen LogP contribution in [0.4, 0.5) is 0 Å². The molecule has 0 aromatic carbocycles. The highest BCUT2D eigenvalue weighted by Gasteiger charge is 2.37. The van der Waals surface area contributed by atoms with Crippen LogP contribution in [0.2, 0.25) is 0 Å². The summed E-state index contributed by atoms with van der Waals surface area (Å²) in [5.41, 5.74) is 2.98. The number of pyridine rings is 1. The average molecular weight is 323 g/mol. The number of fused-ring (bicyclic) bond motifs is 2. The van der Waals surface area contributed by atoms with Crippen molar-refractivity contribution in [2.45, 2.75) is 38.5 Å². The third-order valence-corrected chi connectivity index (χ3v) is 5.77. The van der Waals surface area contributed by atoms with E-state index in [0.29, 0.717) is 23.5 Å². The number of nitrogens with zero attached hydrogens (tertiary/aromatic N) is 3. The molecular weight excluding hydrogens is 302 g/mol. The molecule has 0 radical (unpaired) electrons. The van der Waals surface area contributed by atoms with Crippen LogP contribution in [0.3, 0.4) is 0 Å². The molecule has 0 N–H and O–H groups in total. The molecule has 124 valence electrons. The summed E-state index contributed by atoms with van der Waals surface area (Å²) in [6, 6.07) is 1.99. The first-order valence-electron chi connectivity index (χ1n) is 8.92. The fourth-order valence-corrected chi connectivity index (χ4v) is 4.22. The van der Waals surface area contributed by atoms with Crippen molar-refractivity contribution >= 4 is 17.0 Å². The Bertz CT molecular complexity index is 834. The quantitative estimate of drug-likeness (QED) is 0.794. The van der Waals surface area contributed by atoms with Crippen LogP contribution >= 0.6 is 0 Å². The van der Waals surface area contributed by atoms with E-state index in [0.717, 1.165) is 61.1 Å². The number of carbonyl (C=O) groups is 1. The molecule has 2 unspecified atom stereocenters. The second kappa shape index (κ2) is 5.16. The van der Waals surface area contributed by atoms with Crippen LogP contribution in [0.15, 0.2) is 22.7 Å². The Morgan fingerprint density at radius 1 is 1.21 bits per heavy atom. The van der Waals surface area contributed by atoms with Gasteiger partial charge in [-0.15, -0.1) is 0 Å². The maximum absolute atomic E-state index is 13.3. The van der Waals surface area contributed by atoms with Gasteiger partial charge in [0, 0.05) is 24.7 Å². The molecule has 1 amide bonds. The standard InChI is InChI=1S/C19H21N3O2/c1-11-17-15(8-16(12-6-7-12)20-18(17)24-21-11)19(23)22-9-13-4-2-3-5-14(13)10-22/h2-3,8,12-14H,4-7,9-10H2,1H3. The molecule has 2 atom stereocenters. The summed E-state index contributed by atoms with van der Waals surface area (Å²) in [6.07, 6.45) is 9.02. The minimum atomic E-state index is 0.116. The summed E-state index contributed by atoms with van der Waals surface area (Å²) in [5.74, 6) is 1.83. The topological polar surface area (TPSA) is 59.2 Å². The molecule has 1 aliphatic heterocycles. The molecule has 1 saturated heterocycles. The predicted octanol–water partition coefficient (Wildman–Crippen LogP) is 3.45. The first-order valence-corrected chi connectivity index (χ1v) is 8.92. The van der Waals surface area contributed by atoms with Crippen molar-refractivity contribution in [2.75, 3.05) is 13.1 Å². The van der Waals surface area contributed by atoms with Crippen molar-refractivity contribution in [3.05, 3.63) is 35.2 Å². The van der Waals surface area contributed by atoms with Crippen LogP contribution in [0.25, 0.3) is 11.1 Å². The molecule has 1 saturated carbocycles. The van der Waals surface area contributed by atoms with E-state index in [-0.39, 0.29) is 5.91 Å². The van der Waals surface area contributed by atoms with E-state index in [1.807, 2.05) is 17.9 Å². The maximum Gasteiger partial charge on any atom is 0.259 e. The molecule has 5 heteroatoms. The van der Waals surface area contributed by atoms with Gasteiger partial charge in [-0.25, -0.2) is 4.98 Å². The van der Waals surface area contributed by atoms with Gasteiger partial charge in [0.25, 0.3) is 11.6 Å². The number of hydrogen-bond acceptors (Lipinski definition) is 4. The minimum Gasteiger partial charge on any atom is -0.338 e. The molecular formula is C19H21N3O2. The number of carbonyl (C=O) groups excluding carboxylic acids is 1. The smallest absolute Gasteiger partial charge is 0.259 e. The lowest BCUT2D eigenvalue weighted by atomic mass is 9.86. The van der Waals surface area contributed by atoms with Gasteiger partial charge in [-0.3, -0.25) is 4.79 Å². The molecule has 3 heterocycles. The van der Waals surface area contributed by atoms with E-state index >= 15 is 0 Å². The van der Waals surface area contributed by atoms with Gasteiger partial charge in [0.1, 0.15) is 0 Å². The van der Waals surface area contributed by atoms with Gasteiger partial charge in [0.2, 0.25) is 0 Å². The molecule has 2 aromatic rings. The highest BCUT2D eigenvalue weighted by molar-refractivity contribution is 6.06. The normalized spacial score (nSPS) is 26.1. The largest absolute Gasteiger partial charge is 0.338 e. The maximum atomic E-state index is 13.3. The van der Waals surface area contributed by atoms with Crippen molar-refractivity contribution in [3.63, 3.8) is 0 Å². The Labute approximate surface area is 140 Å². The minimum absolute atomic E-state index is 0.116.